The van der Waals surface area contributed by atoms with Crippen LogP contribution in [0.5, 0.6) is 0 Å². The molecule has 2 unspecified atom stereocenters. The van der Waals surface area contributed by atoms with Crippen LogP contribution < -0.4 is 10.6 Å². The lowest BCUT2D eigenvalue weighted by Gasteiger charge is -2.18. The third-order valence-corrected chi connectivity index (χ3v) is 5.57. The second-order valence-corrected chi connectivity index (χ2v) is 7.81. The number of aryl methyl sites for hydroxylation is 1. The molecule has 0 bridgehead atoms. The number of nitrogens with zero attached hydrogens (tertiary/aromatic N) is 1. The minimum atomic E-state index is -0.887. The summed E-state index contributed by atoms with van der Waals surface area (Å²) in [6.07, 6.45) is 1.05. The molecule has 6 heteroatoms. The number of hydrogen-bond acceptors (Lipinski definition) is 2. The summed E-state index contributed by atoms with van der Waals surface area (Å²) in [6, 6.07) is 18.7. The fourth-order valence-corrected chi connectivity index (χ4v) is 3.68. The molecule has 0 aliphatic heterocycles. The van der Waals surface area contributed by atoms with Gasteiger partial charge in [0, 0.05) is 35.9 Å². The van der Waals surface area contributed by atoms with Crippen molar-refractivity contribution < 1.29 is 4.21 Å². The topological polar surface area (TPSA) is 53.5 Å². The molecule has 2 aromatic carbocycles. The minimum absolute atomic E-state index is 0. The second-order valence-electron chi connectivity index (χ2n) is 6.23. The maximum atomic E-state index is 12.2. The van der Waals surface area contributed by atoms with E-state index in [4.69, 9.17) is 0 Å². The van der Waals surface area contributed by atoms with Crippen LogP contribution in [0, 0.1) is 0 Å². The molecule has 0 amide bonds. The summed E-state index contributed by atoms with van der Waals surface area (Å²) in [5, 5.41) is 6.64. The van der Waals surface area contributed by atoms with Crippen LogP contribution in [0.4, 0.5) is 0 Å². The molecule has 2 rings (SSSR count). The van der Waals surface area contributed by atoms with Gasteiger partial charge in [0.1, 0.15) is 0 Å². The van der Waals surface area contributed by atoms with E-state index in [2.05, 4.69) is 53.7 Å². The molecule has 0 aromatic heterocycles. The molecule has 2 atom stereocenters. The highest BCUT2D eigenvalue weighted by Gasteiger charge is 2.08. The van der Waals surface area contributed by atoms with Gasteiger partial charge in [0.2, 0.25) is 0 Å². The normalized spacial score (nSPS) is 13.4. The van der Waals surface area contributed by atoms with Crippen molar-refractivity contribution in [3.05, 3.63) is 71.3 Å². The van der Waals surface area contributed by atoms with E-state index in [9.17, 15) is 4.21 Å². The molecule has 2 N–H and O–H groups in total. The van der Waals surface area contributed by atoms with Crippen LogP contribution in [0.15, 0.2) is 59.6 Å². The number of guanidine groups is 1. The van der Waals surface area contributed by atoms with Gasteiger partial charge in [0.15, 0.2) is 5.96 Å². The molecular weight excluding hydrogens is 469 g/mol. The van der Waals surface area contributed by atoms with E-state index in [0.717, 1.165) is 17.9 Å². The van der Waals surface area contributed by atoms with E-state index in [1.165, 1.54) is 11.1 Å². The van der Waals surface area contributed by atoms with Crippen LogP contribution in [-0.2, 0) is 23.0 Å². The molecule has 4 nitrogen and oxygen atoms in total. The Morgan fingerprint density at radius 3 is 2.33 bits per heavy atom. The SMILES string of the molecule is CCc1ccc(C(C)NC(=NC)NCCS(=O)Cc2ccccc2)cc1.I. The van der Waals surface area contributed by atoms with E-state index in [0.29, 0.717) is 18.1 Å². The van der Waals surface area contributed by atoms with Crippen molar-refractivity contribution in [1.29, 1.82) is 0 Å². The first-order valence-electron chi connectivity index (χ1n) is 9.07. The fourth-order valence-electron chi connectivity index (χ4n) is 2.64. The number of halogens is 1. The van der Waals surface area contributed by atoms with E-state index < -0.39 is 10.8 Å². The van der Waals surface area contributed by atoms with E-state index in [1.807, 2.05) is 30.3 Å². The van der Waals surface area contributed by atoms with Crippen LogP contribution in [0.1, 0.15) is 36.6 Å². The van der Waals surface area contributed by atoms with Crippen LogP contribution >= 0.6 is 24.0 Å². The largest absolute Gasteiger partial charge is 0.355 e. The Hall–Kier alpha value is -1.41. The lowest BCUT2D eigenvalue weighted by atomic mass is 10.1. The highest BCUT2D eigenvalue weighted by atomic mass is 127. The third kappa shape index (κ3) is 8.43. The van der Waals surface area contributed by atoms with Gasteiger partial charge in [-0.25, -0.2) is 0 Å². The molecule has 0 saturated heterocycles. The van der Waals surface area contributed by atoms with Gasteiger partial charge in [-0.15, -0.1) is 24.0 Å². The lowest BCUT2D eigenvalue weighted by Crippen LogP contribution is -2.40. The highest BCUT2D eigenvalue weighted by molar-refractivity contribution is 14.0. The van der Waals surface area contributed by atoms with Crippen molar-refractivity contribution in [3.63, 3.8) is 0 Å². The quantitative estimate of drug-likeness (QED) is 0.328. The number of nitrogens with one attached hydrogen (secondary N) is 2. The van der Waals surface area contributed by atoms with Crippen molar-refractivity contribution in [2.24, 2.45) is 4.99 Å². The molecule has 148 valence electrons. The Bertz CT molecular complexity index is 720. The Kier molecular flexibility index (Phi) is 11.3. The molecule has 27 heavy (non-hydrogen) atoms. The maximum Gasteiger partial charge on any atom is 0.191 e. The molecular formula is C21H30IN3OS. The molecule has 0 aliphatic rings. The molecule has 0 saturated carbocycles. The summed E-state index contributed by atoms with van der Waals surface area (Å²) < 4.78 is 12.2. The Morgan fingerprint density at radius 1 is 1.07 bits per heavy atom. The monoisotopic (exact) mass is 499 g/mol. The van der Waals surface area contributed by atoms with E-state index in [1.54, 1.807) is 7.05 Å². The zero-order valence-electron chi connectivity index (χ0n) is 16.3. The predicted molar refractivity (Wildman–Crippen MR) is 127 cm³/mol. The smallest absolute Gasteiger partial charge is 0.191 e. The van der Waals surface area contributed by atoms with Crippen LogP contribution in [0.25, 0.3) is 0 Å². The summed E-state index contributed by atoms with van der Waals surface area (Å²) in [7, 11) is 0.866. The standard InChI is InChI=1S/C21H29N3OS.HI/c1-4-18-10-12-20(13-11-18)17(2)24-21(22-3)23-14-15-26(25)16-19-8-6-5-7-9-19;/h5-13,17H,4,14-16H2,1-3H3,(H2,22,23,24);1H. The molecule has 0 heterocycles. The zero-order chi connectivity index (χ0) is 18.8. The van der Waals surface area contributed by atoms with Crippen molar-refractivity contribution in [3.8, 4) is 0 Å². The highest BCUT2D eigenvalue weighted by Crippen LogP contribution is 2.13. The first-order chi connectivity index (χ1) is 12.6. The van der Waals surface area contributed by atoms with Crippen LogP contribution in [-0.4, -0.2) is 29.5 Å². The Labute approximate surface area is 182 Å². The van der Waals surface area contributed by atoms with Gasteiger partial charge in [0.25, 0.3) is 0 Å². The molecule has 2 aromatic rings. The Morgan fingerprint density at radius 2 is 1.74 bits per heavy atom. The summed E-state index contributed by atoms with van der Waals surface area (Å²) in [6.45, 7) is 4.90. The van der Waals surface area contributed by atoms with Crippen molar-refractivity contribution in [1.82, 2.24) is 10.6 Å². The average Bonchev–Trinajstić information content (AvgIpc) is 2.67. The number of rotatable bonds is 8. The first kappa shape index (κ1) is 23.6. The van der Waals surface area contributed by atoms with Crippen LogP contribution in [0.3, 0.4) is 0 Å². The molecule has 0 radical (unpaired) electrons. The summed E-state index contributed by atoms with van der Waals surface area (Å²) >= 11 is 0. The van der Waals surface area contributed by atoms with Crippen molar-refractivity contribution in [2.45, 2.75) is 32.1 Å². The van der Waals surface area contributed by atoms with Crippen LogP contribution in [0.2, 0.25) is 0 Å². The molecule has 0 fully saturated rings. The molecule has 0 aliphatic carbocycles. The van der Waals surface area contributed by atoms with Crippen molar-refractivity contribution >= 4 is 40.7 Å². The second kappa shape index (κ2) is 12.9. The van der Waals surface area contributed by atoms with Gasteiger partial charge >= 0.3 is 0 Å². The van der Waals surface area contributed by atoms with E-state index >= 15 is 0 Å². The van der Waals surface area contributed by atoms with Crippen molar-refractivity contribution in [2.75, 3.05) is 19.3 Å². The summed E-state index contributed by atoms with van der Waals surface area (Å²) in [5.74, 6) is 1.91. The first-order valence-corrected chi connectivity index (χ1v) is 10.6. The maximum absolute atomic E-state index is 12.2. The average molecular weight is 499 g/mol. The molecule has 0 spiro atoms. The number of hydrogen-bond donors (Lipinski definition) is 2. The van der Waals surface area contributed by atoms with Gasteiger partial charge in [-0.1, -0.05) is 61.5 Å². The Balaban J connectivity index is 0.00000364. The minimum Gasteiger partial charge on any atom is -0.355 e. The van der Waals surface area contributed by atoms with Gasteiger partial charge in [-0.05, 0) is 30.0 Å². The summed E-state index contributed by atoms with van der Waals surface area (Å²) in [5.41, 5.74) is 3.67. The lowest BCUT2D eigenvalue weighted by molar-refractivity contribution is 0.676. The van der Waals surface area contributed by atoms with Gasteiger partial charge in [0.05, 0.1) is 6.04 Å². The fraction of sp³-hybridized carbons (Fsp3) is 0.381. The van der Waals surface area contributed by atoms with E-state index in [-0.39, 0.29) is 30.0 Å². The summed E-state index contributed by atoms with van der Waals surface area (Å²) in [4.78, 5) is 4.26. The number of benzene rings is 2. The zero-order valence-corrected chi connectivity index (χ0v) is 19.4. The number of aliphatic imine (C=N–C) groups is 1. The van der Waals surface area contributed by atoms with Gasteiger partial charge in [-0.3, -0.25) is 9.20 Å². The predicted octanol–water partition coefficient (Wildman–Crippen LogP) is 4.04. The van der Waals surface area contributed by atoms with Gasteiger partial charge in [-0.2, -0.15) is 0 Å². The van der Waals surface area contributed by atoms with Gasteiger partial charge < -0.3 is 10.6 Å². The third-order valence-electron chi connectivity index (χ3n) is 4.26.